The van der Waals surface area contributed by atoms with Crippen molar-refractivity contribution >= 4 is 31.9 Å². The Morgan fingerprint density at radius 2 is 2.15 bits per heavy atom. The molecule has 1 atom stereocenters. The van der Waals surface area contributed by atoms with Crippen molar-refractivity contribution in [2.75, 3.05) is 30.5 Å². The van der Waals surface area contributed by atoms with Crippen molar-refractivity contribution in [2.45, 2.75) is 31.2 Å². The van der Waals surface area contributed by atoms with E-state index in [-0.39, 0.29) is 27.3 Å². The van der Waals surface area contributed by atoms with E-state index in [2.05, 4.69) is 5.32 Å². The zero-order valence-electron chi connectivity index (χ0n) is 11.8. The van der Waals surface area contributed by atoms with E-state index in [0.29, 0.717) is 11.6 Å². The fourth-order valence-corrected chi connectivity index (χ4v) is 4.24. The summed E-state index contributed by atoms with van der Waals surface area (Å²) in [5, 5.41) is 12.6. The maximum Gasteiger partial charge on any atom is 0.183 e. The first kappa shape index (κ1) is 16.8. The summed E-state index contributed by atoms with van der Waals surface area (Å²) in [6.45, 7) is 3.96. The number of thiophene rings is 1. The number of sulfone groups is 1. The number of hydrogen-bond acceptors (Lipinski definition) is 7. The van der Waals surface area contributed by atoms with E-state index in [0.717, 1.165) is 17.8 Å². The zero-order chi connectivity index (χ0) is 15.3. The van der Waals surface area contributed by atoms with Crippen LogP contribution < -0.4 is 11.1 Å². The van der Waals surface area contributed by atoms with Gasteiger partial charge in [0.1, 0.15) is 20.8 Å². The highest BCUT2D eigenvalue weighted by atomic mass is 32.2. The van der Waals surface area contributed by atoms with Gasteiger partial charge < -0.3 is 15.8 Å². The number of nitrogens with one attached hydrogen (secondary N) is 1. The van der Waals surface area contributed by atoms with Crippen LogP contribution in [-0.4, -0.2) is 33.9 Å². The number of anilines is 2. The van der Waals surface area contributed by atoms with Gasteiger partial charge in [-0.15, -0.1) is 11.3 Å². The standard InChI is InChI=1S/C12H19N3O3S2/c1-4-8(7-18-3)15-12-11(20(16,17)5-2)10(14)9(6-13)19-12/h8,15H,4-5,7,14H2,1-3H3. The summed E-state index contributed by atoms with van der Waals surface area (Å²) in [6.07, 6.45) is 0.763. The summed E-state index contributed by atoms with van der Waals surface area (Å²) < 4.78 is 29.4. The molecular formula is C12H19N3O3S2. The van der Waals surface area contributed by atoms with Gasteiger partial charge in [0.25, 0.3) is 0 Å². The minimum atomic E-state index is -3.49. The van der Waals surface area contributed by atoms with Crippen LogP contribution in [0.15, 0.2) is 4.90 Å². The van der Waals surface area contributed by atoms with Crippen LogP contribution in [0.2, 0.25) is 0 Å². The van der Waals surface area contributed by atoms with Crippen molar-refractivity contribution in [3.8, 4) is 6.07 Å². The Morgan fingerprint density at radius 3 is 2.60 bits per heavy atom. The summed E-state index contributed by atoms with van der Waals surface area (Å²) in [5.74, 6) is -0.0610. The molecule has 0 radical (unpaired) electrons. The van der Waals surface area contributed by atoms with E-state index < -0.39 is 9.84 Å². The molecule has 0 aliphatic rings. The predicted molar refractivity (Wildman–Crippen MR) is 80.8 cm³/mol. The zero-order valence-corrected chi connectivity index (χ0v) is 13.4. The third-order valence-corrected chi connectivity index (χ3v) is 5.86. The SMILES string of the molecule is CCC(COC)Nc1sc(C#N)c(N)c1S(=O)(=O)CC. The van der Waals surface area contributed by atoms with Crippen molar-refractivity contribution in [2.24, 2.45) is 0 Å². The average Bonchev–Trinajstić information content (AvgIpc) is 2.74. The summed E-state index contributed by atoms with van der Waals surface area (Å²) in [6, 6.07) is 1.90. The number of methoxy groups -OCH3 is 1. The first-order valence-corrected chi connectivity index (χ1v) is 8.68. The lowest BCUT2D eigenvalue weighted by molar-refractivity contribution is 0.184. The van der Waals surface area contributed by atoms with Gasteiger partial charge in [0.2, 0.25) is 0 Å². The Kier molecular flexibility index (Phi) is 5.80. The van der Waals surface area contributed by atoms with Crippen molar-refractivity contribution in [1.29, 1.82) is 5.26 Å². The summed E-state index contributed by atoms with van der Waals surface area (Å²) in [7, 11) is -1.91. The van der Waals surface area contributed by atoms with Gasteiger partial charge in [0.05, 0.1) is 18.0 Å². The second-order valence-corrected chi connectivity index (χ2v) is 7.46. The highest BCUT2D eigenvalue weighted by Crippen LogP contribution is 2.39. The molecule has 112 valence electrons. The van der Waals surface area contributed by atoms with Crippen LogP contribution in [0.4, 0.5) is 10.7 Å². The van der Waals surface area contributed by atoms with Gasteiger partial charge in [-0.3, -0.25) is 0 Å². The second-order valence-electron chi connectivity index (χ2n) is 4.22. The lowest BCUT2D eigenvalue weighted by atomic mass is 10.2. The molecule has 0 aromatic carbocycles. The molecule has 0 bridgehead atoms. The molecule has 0 saturated heterocycles. The quantitative estimate of drug-likeness (QED) is 0.795. The molecule has 1 heterocycles. The van der Waals surface area contributed by atoms with Crippen LogP contribution in [0.25, 0.3) is 0 Å². The minimum Gasteiger partial charge on any atom is -0.396 e. The minimum absolute atomic E-state index is 0.0320. The molecule has 1 rings (SSSR count). The van der Waals surface area contributed by atoms with E-state index in [4.69, 9.17) is 15.7 Å². The van der Waals surface area contributed by atoms with Gasteiger partial charge in [-0.2, -0.15) is 5.26 Å². The van der Waals surface area contributed by atoms with Crippen LogP contribution in [0.5, 0.6) is 0 Å². The summed E-state index contributed by atoms with van der Waals surface area (Å²) in [5.41, 5.74) is 5.84. The number of rotatable bonds is 7. The number of hydrogen-bond donors (Lipinski definition) is 2. The Balaban J connectivity index is 3.29. The second kappa shape index (κ2) is 6.92. The lowest BCUT2D eigenvalue weighted by Gasteiger charge is -2.17. The van der Waals surface area contributed by atoms with E-state index in [1.54, 1.807) is 14.0 Å². The fraction of sp³-hybridized carbons (Fsp3) is 0.583. The molecule has 1 aromatic heterocycles. The van der Waals surface area contributed by atoms with Gasteiger partial charge in [0, 0.05) is 13.2 Å². The summed E-state index contributed by atoms with van der Waals surface area (Å²) >= 11 is 1.07. The van der Waals surface area contributed by atoms with E-state index in [1.807, 2.05) is 13.0 Å². The topological polar surface area (TPSA) is 105 Å². The van der Waals surface area contributed by atoms with Gasteiger partial charge in [0.15, 0.2) is 9.84 Å². The molecule has 0 spiro atoms. The van der Waals surface area contributed by atoms with Crippen LogP contribution in [0.3, 0.4) is 0 Å². The molecular weight excluding hydrogens is 298 g/mol. The van der Waals surface area contributed by atoms with Crippen LogP contribution in [-0.2, 0) is 14.6 Å². The van der Waals surface area contributed by atoms with Crippen LogP contribution in [0.1, 0.15) is 25.1 Å². The number of ether oxygens (including phenoxy) is 1. The molecule has 3 N–H and O–H groups in total. The molecule has 0 aliphatic heterocycles. The number of nitrogen functional groups attached to an aromatic ring is 1. The molecule has 1 unspecified atom stereocenters. The molecule has 6 nitrogen and oxygen atoms in total. The van der Waals surface area contributed by atoms with E-state index in [9.17, 15) is 8.42 Å². The molecule has 0 amide bonds. The normalized spacial score (nSPS) is 12.9. The molecule has 0 aliphatic carbocycles. The number of nitriles is 1. The number of nitrogens with zero attached hydrogens (tertiary/aromatic N) is 1. The molecule has 0 saturated carbocycles. The van der Waals surface area contributed by atoms with Gasteiger partial charge in [-0.1, -0.05) is 13.8 Å². The monoisotopic (exact) mass is 317 g/mol. The molecule has 0 fully saturated rings. The molecule has 8 heteroatoms. The van der Waals surface area contributed by atoms with Crippen molar-refractivity contribution < 1.29 is 13.2 Å². The first-order chi connectivity index (χ1) is 9.41. The highest BCUT2D eigenvalue weighted by Gasteiger charge is 2.27. The van der Waals surface area contributed by atoms with Crippen LogP contribution in [0, 0.1) is 11.3 Å². The highest BCUT2D eigenvalue weighted by molar-refractivity contribution is 7.91. The Hall–Kier alpha value is -1.30. The van der Waals surface area contributed by atoms with E-state index in [1.165, 1.54) is 0 Å². The third-order valence-electron chi connectivity index (χ3n) is 2.89. The lowest BCUT2D eigenvalue weighted by Crippen LogP contribution is -2.24. The van der Waals surface area contributed by atoms with E-state index >= 15 is 0 Å². The fourth-order valence-electron chi connectivity index (χ4n) is 1.71. The van der Waals surface area contributed by atoms with Gasteiger partial charge in [-0.05, 0) is 6.42 Å². The Morgan fingerprint density at radius 1 is 1.50 bits per heavy atom. The average molecular weight is 317 g/mol. The largest absolute Gasteiger partial charge is 0.396 e. The Bertz CT molecular complexity index is 602. The predicted octanol–water partition coefficient (Wildman–Crippen LogP) is 1.83. The van der Waals surface area contributed by atoms with Crippen molar-refractivity contribution in [3.63, 3.8) is 0 Å². The van der Waals surface area contributed by atoms with Crippen molar-refractivity contribution in [1.82, 2.24) is 0 Å². The van der Waals surface area contributed by atoms with Crippen LogP contribution >= 0.6 is 11.3 Å². The molecule has 1 aromatic rings. The number of nitrogens with two attached hydrogens (primary N) is 1. The first-order valence-electron chi connectivity index (χ1n) is 6.21. The van der Waals surface area contributed by atoms with Gasteiger partial charge >= 0.3 is 0 Å². The van der Waals surface area contributed by atoms with Gasteiger partial charge in [-0.25, -0.2) is 8.42 Å². The maximum absolute atomic E-state index is 12.1. The maximum atomic E-state index is 12.1. The summed E-state index contributed by atoms with van der Waals surface area (Å²) in [4.78, 5) is 0.253. The Labute approximate surface area is 123 Å². The smallest absolute Gasteiger partial charge is 0.183 e. The third kappa shape index (κ3) is 3.42. The molecule has 20 heavy (non-hydrogen) atoms. The van der Waals surface area contributed by atoms with Crippen molar-refractivity contribution in [3.05, 3.63) is 4.88 Å².